The molecule has 0 heterocycles. The van der Waals surface area contributed by atoms with Gasteiger partial charge in [-0.3, -0.25) is 4.79 Å². The molecule has 0 aliphatic carbocycles. The summed E-state index contributed by atoms with van der Waals surface area (Å²) < 4.78 is 6.82. The molecule has 0 aliphatic rings. The summed E-state index contributed by atoms with van der Waals surface area (Å²) in [7, 11) is 0. The first kappa shape index (κ1) is 22.8. The van der Waals surface area contributed by atoms with Crippen molar-refractivity contribution in [2.45, 2.75) is 39.7 Å². The van der Waals surface area contributed by atoms with E-state index in [4.69, 9.17) is 4.74 Å². The quantitative estimate of drug-likeness (QED) is 0.325. The molecule has 4 nitrogen and oxygen atoms in total. The van der Waals surface area contributed by atoms with Gasteiger partial charge in [0.25, 0.3) is 5.91 Å². The molecule has 0 aromatic heterocycles. The number of carbonyl (C=O) groups excluding carboxylic acids is 1. The van der Waals surface area contributed by atoms with Gasteiger partial charge in [0.2, 0.25) is 0 Å². The van der Waals surface area contributed by atoms with Gasteiger partial charge >= 0.3 is 0 Å². The maximum atomic E-state index is 12.4. The second-order valence-electron chi connectivity index (χ2n) is 8.41. The lowest BCUT2D eigenvalue weighted by atomic mass is 9.86. The van der Waals surface area contributed by atoms with Crippen LogP contribution in [0.25, 0.3) is 0 Å². The summed E-state index contributed by atoms with van der Waals surface area (Å²) in [5, 5.41) is 4.25. The third-order valence-electron chi connectivity index (χ3n) is 4.93. The highest BCUT2D eigenvalue weighted by atomic mass is 79.9. The lowest BCUT2D eigenvalue weighted by Gasteiger charge is -2.19. The lowest BCUT2D eigenvalue weighted by molar-refractivity contribution is 0.0955. The molecule has 0 radical (unpaired) electrons. The van der Waals surface area contributed by atoms with E-state index in [-0.39, 0.29) is 11.3 Å². The monoisotopic (exact) mass is 478 g/mol. The van der Waals surface area contributed by atoms with Crippen molar-refractivity contribution in [3.63, 3.8) is 0 Å². The highest BCUT2D eigenvalue weighted by Crippen LogP contribution is 2.22. The van der Waals surface area contributed by atoms with Gasteiger partial charge in [0, 0.05) is 10.0 Å². The predicted octanol–water partition coefficient (Wildman–Crippen LogP) is 6.48. The molecule has 3 aromatic carbocycles. The normalized spacial score (nSPS) is 11.8. The smallest absolute Gasteiger partial charge is 0.271 e. The number of halogens is 1. The minimum atomic E-state index is -0.259. The van der Waals surface area contributed by atoms with Crippen molar-refractivity contribution in [3.05, 3.63) is 99.5 Å². The number of benzene rings is 3. The minimum Gasteiger partial charge on any atom is -0.489 e. The summed E-state index contributed by atoms with van der Waals surface area (Å²) >= 11 is 3.42. The summed E-state index contributed by atoms with van der Waals surface area (Å²) in [6, 6.07) is 23.3. The van der Waals surface area contributed by atoms with E-state index in [1.165, 1.54) is 5.56 Å². The highest BCUT2D eigenvalue weighted by molar-refractivity contribution is 9.10. The van der Waals surface area contributed by atoms with E-state index < -0.39 is 0 Å². The Morgan fingerprint density at radius 1 is 0.903 bits per heavy atom. The average molecular weight is 479 g/mol. The van der Waals surface area contributed by atoms with Crippen LogP contribution in [0, 0.1) is 0 Å². The minimum absolute atomic E-state index is 0.103. The Morgan fingerprint density at radius 2 is 1.48 bits per heavy atom. The molecular weight excluding hydrogens is 452 g/mol. The molecule has 0 saturated carbocycles. The van der Waals surface area contributed by atoms with Gasteiger partial charge < -0.3 is 4.74 Å². The Kier molecular flexibility index (Phi) is 7.29. The fraction of sp³-hybridized carbons (Fsp3) is 0.231. The van der Waals surface area contributed by atoms with Crippen molar-refractivity contribution in [2.75, 3.05) is 0 Å². The van der Waals surface area contributed by atoms with Gasteiger partial charge in [0.05, 0.1) is 5.71 Å². The van der Waals surface area contributed by atoms with Crippen LogP contribution in [0.3, 0.4) is 0 Å². The van der Waals surface area contributed by atoms with E-state index in [2.05, 4.69) is 59.4 Å². The maximum absolute atomic E-state index is 12.4. The van der Waals surface area contributed by atoms with E-state index in [0.29, 0.717) is 17.9 Å². The Morgan fingerprint density at radius 3 is 2.06 bits per heavy atom. The van der Waals surface area contributed by atoms with Crippen molar-refractivity contribution in [2.24, 2.45) is 5.10 Å². The van der Waals surface area contributed by atoms with Crippen LogP contribution in [-0.4, -0.2) is 11.6 Å². The van der Waals surface area contributed by atoms with E-state index in [9.17, 15) is 4.79 Å². The molecule has 5 heteroatoms. The zero-order valence-electron chi connectivity index (χ0n) is 18.3. The van der Waals surface area contributed by atoms with Crippen molar-refractivity contribution in [3.8, 4) is 5.75 Å². The molecule has 0 fully saturated rings. The number of ether oxygens (including phenoxy) is 1. The Hall–Kier alpha value is -2.92. The van der Waals surface area contributed by atoms with Crippen molar-refractivity contribution in [1.29, 1.82) is 0 Å². The number of carbonyl (C=O) groups is 1. The Bertz CT molecular complexity index is 1050. The summed E-state index contributed by atoms with van der Waals surface area (Å²) in [6.45, 7) is 8.89. The summed E-state index contributed by atoms with van der Waals surface area (Å²) in [5.74, 6) is 0.447. The van der Waals surface area contributed by atoms with E-state index in [0.717, 1.165) is 21.3 Å². The fourth-order valence-corrected chi connectivity index (χ4v) is 3.19. The predicted molar refractivity (Wildman–Crippen MR) is 130 cm³/mol. The van der Waals surface area contributed by atoms with E-state index in [1.54, 1.807) is 24.3 Å². The Balaban J connectivity index is 1.56. The van der Waals surface area contributed by atoms with Gasteiger partial charge in [0.15, 0.2) is 0 Å². The first-order valence-corrected chi connectivity index (χ1v) is 10.9. The number of hydrogen-bond acceptors (Lipinski definition) is 3. The van der Waals surface area contributed by atoms with Gasteiger partial charge in [-0.1, -0.05) is 73.1 Å². The van der Waals surface area contributed by atoms with Crippen molar-refractivity contribution in [1.82, 2.24) is 5.43 Å². The van der Waals surface area contributed by atoms with Crippen LogP contribution in [0.5, 0.6) is 5.75 Å². The van der Waals surface area contributed by atoms with E-state index >= 15 is 0 Å². The zero-order valence-corrected chi connectivity index (χ0v) is 19.9. The number of amides is 1. The molecular formula is C26H27BrN2O2. The van der Waals surface area contributed by atoms with Crippen LogP contribution in [0.1, 0.15) is 54.7 Å². The molecule has 1 N–H and O–H groups in total. The number of hydrogen-bond donors (Lipinski definition) is 1. The third kappa shape index (κ3) is 6.53. The molecule has 160 valence electrons. The molecule has 0 aliphatic heterocycles. The SMILES string of the molecule is C/C(=N\NC(=O)c1ccc(OCc2ccc(Br)cc2)cc1)c1ccc(C(C)(C)C)cc1. The summed E-state index contributed by atoms with van der Waals surface area (Å²) in [5.41, 5.74) is 7.32. The Labute approximate surface area is 192 Å². The molecule has 0 bridgehead atoms. The summed E-state index contributed by atoms with van der Waals surface area (Å²) in [4.78, 5) is 12.4. The van der Waals surface area contributed by atoms with Gasteiger partial charge in [-0.15, -0.1) is 0 Å². The molecule has 3 rings (SSSR count). The van der Waals surface area contributed by atoms with Gasteiger partial charge in [-0.25, -0.2) is 5.43 Å². The molecule has 0 spiro atoms. The van der Waals surface area contributed by atoms with Crippen molar-refractivity contribution < 1.29 is 9.53 Å². The van der Waals surface area contributed by atoms with Gasteiger partial charge in [-0.2, -0.15) is 5.10 Å². The van der Waals surface area contributed by atoms with Crippen LogP contribution in [0.2, 0.25) is 0 Å². The molecule has 0 unspecified atom stereocenters. The first-order valence-electron chi connectivity index (χ1n) is 10.2. The molecule has 0 saturated heterocycles. The van der Waals surface area contributed by atoms with Crippen molar-refractivity contribution >= 4 is 27.5 Å². The number of rotatable bonds is 6. The number of hydrazone groups is 1. The third-order valence-corrected chi connectivity index (χ3v) is 5.46. The second-order valence-corrected chi connectivity index (χ2v) is 9.32. The lowest BCUT2D eigenvalue weighted by Crippen LogP contribution is -2.19. The maximum Gasteiger partial charge on any atom is 0.271 e. The standard InChI is InChI=1S/C26H27BrN2O2/c1-18(20-7-11-22(12-8-20)26(2,3)4)28-29-25(30)21-9-15-24(16-10-21)31-17-19-5-13-23(27)14-6-19/h5-16H,17H2,1-4H3,(H,29,30)/b28-18+. The highest BCUT2D eigenvalue weighted by Gasteiger charge is 2.13. The topological polar surface area (TPSA) is 50.7 Å². The summed E-state index contributed by atoms with van der Waals surface area (Å²) in [6.07, 6.45) is 0. The molecule has 31 heavy (non-hydrogen) atoms. The second kappa shape index (κ2) is 9.92. The largest absolute Gasteiger partial charge is 0.489 e. The van der Waals surface area contributed by atoms with Crippen LogP contribution in [-0.2, 0) is 12.0 Å². The fourth-order valence-electron chi connectivity index (χ4n) is 2.92. The molecule has 0 atom stereocenters. The van der Waals surface area contributed by atoms with Crippen LogP contribution < -0.4 is 10.2 Å². The first-order chi connectivity index (χ1) is 14.7. The zero-order chi connectivity index (χ0) is 22.4. The number of nitrogens with zero attached hydrogens (tertiary/aromatic N) is 1. The van der Waals surface area contributed by atoms with Crippen LogP contribution in [0.4, 0.5) is 0 Å². The molecule has 3 aromatic rings. The number of nitrogens with one attached hydrogen (secondary N) is 1. The van der Waals surface area contributed by atoms with E-state index in [1.807, 2.05) is 43.3 Å². The average Bonchev–Trinajstić information content (AvgIpc) is 2.76. The molecule has 1 amide bonds. The van der Waals surface area contributed by atoms with Gasteiger partial charge in [0.1, 0.15) is 12.4 Å². The van der Waals surface area contributed by atoms with Crippen LogP contribution in [0.15, 0.2) is 82.4 Å². The van der Waals surface area contributed by atoms with Gasteiger partial charge in [-0.05, 0) is 65.4 Å². The van der Waals surface area contributed by atoms with Crippen LogP contribution >= 0.6 is 15.9 Å².